The van der Waals surface area contributed by atoms with Gasteiger partial charge in [-0.25, -0.2) is 4.79 Å². The van der Waals surface area contributed by atoms with Gasteiger partial charge in [-0.15, -0.1) is 0 Å². The van der Waals surface area contributed by atoms with E-state index in [1.54, 1.807) is 12.1 Å². The average molecular weight is 207 g/mol. The molecule has 1 aromatic carbocycles. The molecular formula is C7H4Cl2O3. The molecular weight excluding hydrogens is 203 g/mol. The van der Waals surface area contributed by atoms with Crippen molar-refractivity contribution < 1.29 is 14.1 Å². The lowest BCUT2D eigenvalue weighted by Crippen LogP contribution is -2.01. The highest BCUT2D eigenvalue weighted by atomic mass is 35.5. The lowest BCUT2D eigenvalue weighted by molar-refractivity contribution is -0.144. The smallest absolute Gasteiger partial charge is 0.275 e. The minimum Gasteiger partial charge on any atom is -0.275 e. The molecule has 0 saturated carbocycles. The van der Waals surface area contributed by atoms with Crippen LogP contribution < -0.4 is 0 Å². The lowest BCUT2D eigenvalue weighted by atomic mass is 10.2. The Bertz CT molecular complexity index is 288. The molecule has 1 aromatic rings. The molecule has 0 aliphatic carbocycles. The summed E-state index contributed by atoms with van der Waals surface area (Å²) >= 11 is 10.3. The van der Waals surface area contributed by atoms with Gasteiger partial charge in [0.2, 0.25) is 0 Å². The minimum absolute atomic E-state index is 0.281. The van der Waals surface area contributed by atoms with Crippen LogP contribution in [-0.4, -0.2) is 5.97 Å². The summed E-state index contributed by atoms with van der Waals surface area (Å²) in [5.74, 6) is -0.688. The van der Waals surface area contributed by atoms with Crippen molar-refractivity contribution in [1.82, 2.24) is 0 Å². The quantitative estimate of drug-likeness (QED) is 0.552. The molecule has 0 N–H and O–H groups in total. The number of carbonyl (C=O) groups excluding carboxylic acids is 1. The molecule has 3 nitrogen and oxygen atoms in total. The van der Waals surface area contributed by atoms with E-state index in [2.05, 4.69) is 9.33 Å². The second-order valence-corrected chi connectivity index (χ2v) is 2.51. The Balaban J connectivity index is 2.81. The average Bonchev–Trinajstić information content (AvgIpc) is 2.05. The van der Waals surface area contributed by atoms with E-state index in [1.807, 2.05) is 0 Å². The van der Waals surface area contributed by atoms with Crippen LogP contribution in [0.25, 0.3) is 0 Å². The molecule has 0 aliphatic rings. The van der Waals surface area contributed by atoms with Gasteiger partial charge in [0.15, 0.2) is 0 Å². The van der Waals surface area contributed by atoms with Gasteiger partial charge in [-0.1, -0.05) is 22.1 Å². The molecule has 0 atom stereocenters. The second-order valence-electron chi connectivity index (χ2n) is 1.94. The molecule has 0 bridgehead atoms. The van der Waals surface area contributed by atoms with Crippen molar-refractivity contribution in [2.45, 2.75) is 0 Å². The van der Waals surface area contributed by atoms with Crippen LogP contribution in [0.5, 0.6) is 0 Å². The van der Waals surface area contributed by atoms with E-state index < -0.39 is 5.97 Å². The number of hydrogen-bond acceptors (Lipinski definition) is 3. The van der Waals surface area contributed by atoms with Crippen LogP contribution in [0.1, 0.15) is 10.4 Å². The van der Waals surface area contributed by atoms with Crippen LogP contribution in [0.2, 0.25) is 5.02 Å². The number of halogens is 2. The van der Waals surface area contributed by atoms with Crippen molar-refractivity contribution in [3.8, 4) is 0 Å². The molecule has 5 heteroatoms. The summed E-state index contributed by atoms with van der Waals surface area (Å²) in [5, 5.41) is 0.444. The van der Waals surface area contributed by atoms with E-state index in [-0.39, 0.29) is 5.56 Å². The van der Waals surface area contributed by atoms with Crippen molar-refractivity contribution in [3.05, 3.63) is 34.9 Å². The Morgan fingerprint density at radius 3 is 2.75 bits per heavy atom. The van der Waals surface area contributed by atoms with Crippen LogP contribution in [0, 0.1) is 0 Å². The molecule has 0 spiro atoms. The summed E-state index contributed by atoms with van der Waals surface area (Å²) < 4.78 is 3.68. The van der Waals surface area contributed by atoms with Crippen LogP contribution >= 0.6 is 23.5 Å². The van der Waals surface area contributed by atoms with E-state index in [4.69, 9.17) is 23.5 Å². The Kier molecular flexibility index (Phi) is 3.34. The van der Waals surface area contributed by atoms with Crippen molar-refractivity contribution >= 4 is 29.4 Å². The van der Waals surface area contributed by atoms with Crippen molar-refractivity contribution in [1.29, 1.82) is 0 Å². The topological polar surface area (TPSA) is 35.5 Å². The maximum atomic E-state index is 10.9. The van der Waals surface area contributed by atoms with Crippen LogP contribution in [0.4, 0.5) is 0 Å². The molecule has 0 heterocycles. The fourth-order valence-corrected chi connectivity index (χ4v) is 0.940. The standard InChI is InChI=1S/C7H4Cl2O3/c8-6-3-1-2-5(4-6)7(10)11-12-9/h1-4H. The molecule has 0 fully saturated rings. The van der Waals surface area contributed by atoms with E-state index in [0.717, 1.165) is 0 Å². The van der Waals surface area contributed by atoms with Gasteiger partial charge >= 0.3 is 5.97 Å². The van der Waals surface area contributed by atoms with Crippen LogP contribution in [0.3, 0.4) is 0 Å². The first-order valence-electron chi connectivity index (χ1n) is 2.99. The van der Waals surface area contributed by atoms with Crippen molar-refractivity contribution in [3.63, 3.8) is 0 Å². The summed E-state index contributed by atoms with van der Waals surface area (Å²) in [7, 11) is 0. The van der Waals surface area contributed by atoms with Crippen LogP contribution in [0.15, 0.2) is 24.3 Å². The Morgan fingerprint density at radius 1 is 1.42 bits per heavy atom. The summed E-state index contributed by atoms with van der Waals surface area (Å²) in [6, 6.07) is 6.23. The van der Waals surface area contributed by atoms with Crippen LogP contribution in [-0.2, 0) is 9.33 Å². The zero-order chi connectivity index (χ0) is 8.97. The number of carbonyl (C=O) groups is 1. The Labute approximate surface area is 78.9 Å². The Morgan fingerprint density at radius 2 is 2.17 bits per heavy atom. The third kappa shape index (κ3) is 2.37. The van der Waals surface area contributed by atoms with Gasteiger partial charge < -0.3 is 0 Å². The molecule has 1 rings (SSSR count). The normalized spacial score (nSPS) is 9.50. The fourth-order valence-electron chi connectivity index (χ4n) is 0.692. The predicted molar refractivity (Wildman–Crippen MR) is 43.8 cm³/mol. The van der Waals surface area contributed by atoms with Gasteiger partial charge in [0.25, 0.3) is 0 Å². The highest BCUT2D eigenvalue weighted by Crippen LogP contribution is 2.11. The highest BCUT2D eigenvalue weighted by molar-refractivity contribution is 6.30. The maximum absolute atomic E-state index is 10.9. The van der Waals surface area contributed by atoms with Crippen molar-refractivity contribution in [2.24, 2.45) is 0 Å². The molecule has 0 aromatic heterocycles. The van der Waals surface area contributed by atoms with E-state index >= 15 is 0 Å². The van der Waals surface area contributed by atoms with Gasteiger partial charge in [-0.05, 0) is 18.2 Å². The third-order valence-corrected chi connectivity index (χ3v) is 1.47. The fraction of sp³-hybridized carbons (Fsp3) is 0. The van der Waals surface area contributed by atoms with E-state index in [9.17, 15) is 4.79 Å². The minimum atomic E-state index is -0.688. The first-order valence-corrected chi connectivity index (χ1v) is 3.68. The van der Waals surface area contributed by atoms with Gasteiger partial charge in [-0.2, -0.15) is 0 Å². The van der Waals surface area contributed by atoms with Crippen molar-refractivity contribution in [2.75, 3.05) is 0 Å². The molecule has 64 valence electrons. The largest absolute Gasteiger partial charge is 0.375 e. The number of rotatable bonds is 2. The summed E-state index contributed by atoms with van der Waals surface area (Å²) in [6.07, 6.45) is 0. The first kappa shape index (κ1) is 9.32. The molecule has 0 saturated heterocycles. The molecule has 12 heavy (non-hydrogen) atoms. The molecule has 0 aliphatic heterocycles. The third-order valence-electron chi connectivity index (χ3n) is 1.17. The predicted octanol–water partition coefficient (Wildman–Crippen LogP) is 2.58. The Hall–Kier alpha value is -0.770. The maximum Gasteiger partial charge on any atom is 0.375 e. The zero-order valence-corrected chi connectivity index (χ0v) is 7.30. The number of benzene rings is 1. The summed E-state index contributed by atoms with van der Waals surface area (Å²) in [5.41, 5.74) is 0.281. The molecule has 0 unspecified atom stereocenters. The SMILES string of the molecule is O=C(OOCl)c1cccc(Cl)c1. The molecule has 0 amide bonds. The summed E-state index contributed by atoms with van der Waals surface area (Å²) in [4.78, 5) is 15.0. The monoisotopic (exact) mass is 206 g/mol. The van der Waals surface area contributed by atoms with Gasteiger partial charge in [-0.3, -0.25) is 4.89 Å². The zero-order valence-electron chi connectivity index (χ0n) is 5.79. The highest BCUT2D eigenvalue weighted by Gasteiger charge is 2.07. The lowest BCUT2D eigenvalue weighted by Gasteiger charge is -1.97. The van der Waals surface area contributed by atoms with Gasteiger partial charge in [0.1, 0.15) is 11.9 Å². The van der Waals surface area contributed by atoms with Gasteiger partial charge in [0.05, 0.1) is 5.56 Å². The van der Waals surface area contributed by atoms with E-state index in [0.29, 0.717) is 5.02 Å². The number of hydrogen-bond donors (Lipinski definition) is 0. The molecule has 0 radical (unpaired) electrons. The summed E-state index contributed by atoms with van der Waals surface area (Å²) in [6.45, 7) is 0. The second kappa shape index (κ2) is 4.30. The first-order chi connectivity index (χ1) is 5.74. The van der Waals surface area contributed by atoms with E-state index in [1.165, 1.54) is 12.1 Å². The van der Waals surface area contributed by atoms with Gasteiger partial charge in [0, 0.05) is 5.02 Å².